The molecular formula is C9H15N5O4. The summed E-state index contributed by atoms with van der Waals surface area (Å²) in [4.78, 5) is 17.4. The number of nitrogens with zero attached hydrogens (tertiary/aromatic N) is 3. The molecule has 9 heteroatoms. The van der Waals surface area contributed by atoms with Crippen LogP contribution in [0.25, 0.3) is 0 Å². The van der Waals surface area contributed by atoms with Gasteiger partial charge in [0.05, 0.1) is 23.7 Å². The van der Waals surface area contributed by atoms with Gasteiger partial charge in [-0.05, 0) is 6.42 Å². The summed E-state index contributed by atoms with van der Waals surface area (Å²) in [5.41, 5.74) is 3.84. The Hall–Kier alpha value is -2.00. The van der Waals surface area contributed by atoms with Crippen molar-refractivity contribution in [2.24, 2.45) is 0 Å². The molecule has 1 aromatic heterocycles. The summed E-state index contributed by atoms with van der Waals surface area (Å²) in [5, 5.41) is 32.1. The number of nitrogens with two attached hydrogens (primary N) is 1. The highest BCUT2D eigenvalue weighted by atomic mass is 16.6. The van der Waals surface area contributed by atoms with Gasteiger partial charge in [-0.25, -0.2) is 9.97 Å². The summed E-state index contributed by atoms with van der Waals surface area (Å²) >= 11 is 0. The Morgan fingerprint density at radius 1 is 1.50 bits per heavy atom. The molecule has 0 fully saturated rings. The van der Waals surface area contributed by atoms with Gasteiger partial charge in [-0.1, -0.05) is 6.92 Å². The van der Waals surface area contributed by atoms with E-state index < -0.39 is 29.4 Å². The second-order valence-electron chi connectivity index (χ2n) is 3.79. The predicted octanol–water partition coefficient (Wildman–Crippen LogP) is -0.488. The number of nitro groups is 1. The molecule has 0 saturated heterocycles. The third-order valence-corrected chi connectivity index (χ3v) is 2.70. The molecule has 1 rings (SSSR count). The van der Waals surface area contributed by atoms with Crippen LogP contribution in [0.5, 0.6) is 0 Å². The van der Waals surface area contributed by atoms with E-state index in [1.54, 1.807) is 6.92 Å². The van der Waals surface area contributed by atoms with Crippen LogP contribution in [0.3, 0.4) is 0 Å². The van der Waals surface area contributed by atoms with Gasteiger partial charge < -0.3 is 21.3 Å². The van der Waals surface area contributed by atoms with Crippen LogP contribution in [0.4, 0.5) is 17.3 Å². The zero-order chi connectivity index (χ0) is 13.8. The molecule has 0 unspecified atom stereocenters. The van der Waals surface area contributed by atoms with Crippen molar-refractivity contribution in [3.05, 3.63) is 16.4 Å². The van der Waals surface area contributed by atoms with Crippen LogP contribution < -0.4 is 11.1 Å². The molecule has 0 aliphatic carbocycles. The highest BCUT2D eigenvalue weighted by Gasteiger charge is 2.31. The summed E-state index contributed by atoms with van der Waals surface area (Å²) < 4.78 is 0. The largest absolute Gasteiger partial charge is 0.394 e. The quantitative estimate of drug-likeness (QED) is 0.394. The van der Waals surface area contributed by atoms with Gasteiger partial charge in [-0.3, -0.25) is 10.1 Å². The van der Waals surface area contributed by atoms with Gasteiger partial charge in [0.1, 0.15) is 6.33 Å². The summed E-state index contributed by atoms with van der Waals surface area (Å²) in [6.45, 7) is 0.915. The van der Waals surface area contributed by atoms with Crippen molar-refractivity contribution in [2.75, 3.05) is 24.3 Å². The van der Waals surface area contributed by atoms with Gasteiger partial charge in [0, 0.05) is 0 Å². The van der Waals surface area contributed by atoms with Crippen molar-refractivity contribution in [3.8, 4) is 0 Å². The van der Waals surface area contributed by atoms with E-state index in [-0.39, 0.29) is 11.6 Å². The number of nitrogen functional groups attached to an aromatic ring is 1. The summed E-state index contributed by atoms with van der Waals surface area (Å²) in [6.07, 6.45) is 1.42. The maximum atomic E-state index is 10.9. The number of aromatic nitrogens is 2. The fourth-order valence-corrected chi connectivity index (χ4v) is 1.36. The molecule has 100 valence electrons. The molecule has 0 aromatic carbocycles. The second kappa shape index (κ2) is 5.56. The third-order valence-electron chi connectivity index (χ3n) is 2.70. The highest BCUT2D eigenvalue weighted by Crippen LogP contribution is 2.29. The molecule has 5 N–H and O–H groups in total. The molecule has 0 bridgehead atoms. The molecule has 0 saturated carbocycles. The van der Waals surface area contributed by atoms with Gasteiger partial charge in [0.15, 0.2) is 0 Å². The average molecular weight is 257 g/mol. The molecule has 18 heavy (non-hydrogen) atoms. The van der Waals surface area contributed by atoms with E-state index in [2.05, 4.69) is 15.3 Å². The molecule has 0 atom stereocenters. The van der Waals surface area contributed by atoms with E-state index >= 15 is 0 Å². The Kier molecular flexibility index (Phi) is 4.34. The van der Waals surface area contributed by atoms with E-state index in [1.807, 2.05) is 0 Å². The molecular weight excluding hydrogens is 242 g/mol. The van der Waals surface area contributed by atoms with Crippen LogP contribution in [-0.4, -0.2) is 43.9 Å². The van der Waals surface area contributed by atoms with Crippen LogP contribution in [0, 0.1) is 10.1 Å². The van der Waals surface area contributed by atoms with E-state index in [4.69, 9.17) is 5.73 Å². The van der Waals surface area contributed by atoms with Crippen molar-refractivity contribution in [1.29, 1.82) is 0 Å². The number of aliphatic hydroxyl groups is 2. The fourth-order valence-electron chi connectivity index (χ4n) is 1.36. The molecule has 0 aliphatic heterocycles. The Labute approximate surface area is 103 Å². The first-order chi connectivity index (χ1) is 8.49. The monoisotopic (exact) mass is 257 g/mol. The second-order valence-corrected chi connectivity index (χ2v) is 3.79. The number of nitrogens with one attached hydrogen (secondary N) is 1. The van der Waals surface area contributed by atoms with Gasteiger partial charge in [0.2, 0.25) is 11.6 Å². The van der Waals surface area contributed by atoms with E-state index in [0.717, 1.165) is 6.33 Å². The number of anilines is 2. The van der Waals surface area contributed by atoms with Gasteiger partial charge in [-0.15, -0.1) is 0 Å². The summed E-state index contributed by atoms with van der Waals surface area (Å²) in [6, 6.07) is 0. The average Bonchev–Trinajstić information content (AvgIpc) is 2.35. The van der Waals surface area contributed by atoms with E-state index in [1.165, 1.54) is 0 Å². The molecule has 0 amide bonds. The predicted molar refractivity (Wildman–Crippen MR) is 63.9 cm³/mol. The zero-order valence-corrected chi connectivity index (χ0v) is 9.83. The Morgan fingerprint density at radius 3 is 2.56 bits per heavy atom. The minimum absolute atomic E-state index is 0.127. The maximum Gasteiger partial charge on any atom is 0.353 e. The third kappa shape index (κ3) is 2.63. The number of aliphatic hydroxyl groups excluding tert-OH is 2. The lowest BCUT2D eigenvalue weighted by Gasteiger charge is -2.29. The standard InChI is InChI=1S/C9H15N5O4/c1-2-9(3-15,4-16)13-8-6(14(17)18)7(10)11-5-12-8/h5,15-16H,2-4H2,1H3,(H3,10,11,12,13). The Bertz CT molecular complexity index is 427. The lowest BCUT2D eigenvalue weighted by molar-refractivity contribution is -0.383. The van der Waals surface area contributed by atoms with Crippen molar-refractivity contribution in [3.63, 3.8) is 0 Å². The van der Waals surface area contributed by atoms with Gasteiger partial charge in [-0.2, -0.15) is 0 Å². The smallest absolute Gasteiger partial charge is 0.353 e. The Balaban J connectivity index is 3.18. The molecule has 9 nitrogen and oxygen atoms in total. The maximum absolute atomic E-state index is 10.9. The molecule has 0 radical (unpaired) electrons. The minimum atomic E-state index is -1.09. The van der Waals surface area contributed by atoms with Crippen molar-refractivity contribution >= 4 is 17.3 Å². The summed E-state index contributed by atoms with van der Waals surface area (Å²) in [7, 11) is 0. The number of hydrogen-bond donors (Lipinski definition) is 4. The van der Waals surface area contributed by atoms with Crippen LogP contribution in [-0.2, 0) is 0 Å². The first-order valence-electron chi connectivity index (χ1n) is 5.24. The Morgan fingerprint density at radius 2 is 2.11 bits per heavy atom. The van der Waals surface area contributed by atoms with E-state index in [0.29, 0.717) is 6.42 Å². The van der Waals surface area contributed by atoms with Crippen LogP contribution >= 0.6 is 0 Å². The van der Waals surface area contributed by atoms with E-state index in [9.17, 15) is 20.3 Å². The van der Waals surface area contributed by atoms with Gasteiger partial charge >= 0.3 is 5.69 Å². The van der Waals surface area contributed by atoms with Crippen LogP contribution in [0.15, 0.2) is 6.33 Å². The van der Waals surface area contributed by atoms with Crippen molar-refractivity contribution in [1.82, 2.24) is 9.97 Å². The summed E-state index contributed by atoms with van der Waals surface area (Å²) in [5.74, 6) is -0.407. The first kappa shape index (κ1) is 14.1. The van der Waals surface area contributed by atoms with Crippen LogP contribution in [0.2, 0.25) is 0 Å². The molecule has 0 spiro atoms. The molecule has 0 aliphatic rings. The SMILES string of the molecule is CCC(CO)(CO)Nc1ncnc(N)c1[N+](=O)[O-]. The first-order valence-corrected chi connectivity index (χ1v) is 5.24. The lowest BCUT2D eigenvalue weighted by atomic mass is 9.98. The van der Waals surface area contributed by atoms with Crippen molar-refractivity contribution < 1.29 is 15.1 Å². The van der Waals surface area contributed by atoms with Crippen molar-refractivity contribution in [2.45, 2.75) is 18.9 Å². The minimum Gasteiger partial charge on any atom is -0.394 e. The topological polar surface area (TPSA) is 147 Å². The number of hydrogen-bond acceptors (Lipinski definition) is 8. The normalized spacial score (nSPS) is 11.3. The zero-order valence-electron chi connectivity index (χ0n) is 9.83. The van der Waals surface area contributed by atoms with Crippen LogP contribution in [0.1, 0.15) is 13.3 Å². The van der Waals surface area contributed by atoms with Gasteiger partial charge in [0.25, 0.3) is 0 Å². The lowest BCUT2D eigenvalue weighted by Crippen LogP contribution is -2.45. The number of rotatable bonds is 6. The highest BCUT2D eigenvalue weighted by molar-refractivity contribution is 5.67. The molecule has 1 aromatic rings. The fraction of sp³-hybridized carbons (Fsp3) is 0.556. The molecule has 1 heterocycles.